The summed E-state index contributed by atoms with van der Waals surface area (Å²) in [5.74, 6) is -0.103. The van der Waals surface area contributed by atoms with E-state index in [4.69, 9.17) is 10.7 Å². The highest BCUT2D eigenvalue weighted by Crippen LogP contribution is 1.95. The van der Waals surface area contributed by atoms with Crippen LogP contribution in [0.15, 0.2) is 0 Å². The molecule has 0 radical (unpaired) electrons. The Bertz CT molecular complexity index is 151. The van der Waals surface area contributed by atoms with Gasteiger partial charge < -0.3 is 0 Å². The number of hydrogen-bond donors (Lipinski definition) is 0. The Morgan fingerprint density at radius 1 is 1.50 bits per heavy atom. The lowest BCUT2D eigenvalue weighted by Gasteiger charge is -2.03. The molecule has 0 amide bonds. The van der Waals surface area contributed by atoms with Crippen LogP contribution in [-0.4, -0.2) is 33.3 Å². The third-order valence-electron chi connectivity index (χ3n) is 0.412. The summed E-state index contributed by atoms with van der Waals surface area (Å²) in [5.41, 5.74) is 0. The van der Waals surface area contributed by atoms with Crippen molar-refractivity contribution in [3.05, 3.63) is 0 Å². The lowest BCUT2D eigenvalue weighted by molar-refractivity contribution is 0.466. The molecule has 0 rings (SSSR count). The highest BCUT2D eigenvalue weighted by molar-refractivity contribution is 8.13. The maximum absolute atomic E-state index is 10.2. The Morgan fingerprint density at radius 2 is 1.88 bits per heavy atom. The van der Waals surface area contributed by atoms with Crippen molar-refractivity contribution < 1.29 is 8.42 Å². The minimum atomic E-state index is -3.33. The Hall–Kier alpha value is 0.200. The Balaban J connectivity index is 3.75. The predicted molar refractivity (Wildman–Crippen MR) is 33.3 cm³/mol. The van der Waals surface area contributed by atoms with E-state index in [1.807, 2.05) is 0 Å². The maximum atomic E-state index is 10.2. The highest BCUT2D eigenvalue weighted by Gasteiger charge is 2.04. The summed E-state index contributed by atoms with van der Waals surface area (Å²) in [6, 6.07) is 0. The van der Waals surface area contributed by atoms with Crippen LogP contribution < -0.4 is 0 Å². The van der Waals surface area contributed by atoms with E-state index in [2.05, 4.69) is 0 Å². The highest BCUT2D eigenvalue weighted by atomic mass is 35.7. The van der Waals surface area contributed by atoms with Crippen molar-refractivity contribution in [1.82, 2.24) is 4.90 Å². The largest absolute Gasteiger partial charge is 0.295 e. The van der Waals surface area contributed by atoms with Crippen LogP contribution in [0.2, 0.25) is 0 Å². The lowest BCUT2D eigenvalue weighted by Crippen LogP contribution is -2.17. The SMILES string of the molecule is CN(C)CS(=O)(=O)Cl. The van der Waals surface area contributed by atoms with Crippen molar-refractivity contribution in [2.75, 3.05) is 20.0 Å². The zero-order valence-electron chi connectivity index (χ0n) is 4.76. The van der Waals surface area contributed by atoms with Crippen LogP contribution in [0, 0.1) is 0 Å². The molecule has 0 N–H and O–H groups in total. The van der Waals surface area contributed by atoms with Crippen LogP contribution in [0.25, 0.3) is 0 Å². The van der Waals surface area contributed by atoms with Gasteiger partial charge in [-0.2, -0.15) is 0 Å². The van der Waals surface area contributed by atoms with E-state index in [1.165, 1.54) is 4.90 Å². The normalized spacial score (nSPS) is 12.5. The topological polar surface area (TPSA) is 37.4 Å². The minimum Gasteiger partial charge on any atom is -0.295 e. The molecule has 8 heavy (non-hydrogen) atoms. The van der Waals surface area contributed by atoms with Gasteiger partial charge in [0.15, 0.2) is 0 Å². The van der Waals surface area contributed by atoms with Crippen LogP contribution in [0.3, 0.4) is 0 Å². The molecule has 0 saturated carbocycles. The molecular formula is C3H8ClNO2S. The molecule has 50 valence electrons. The lowest BCUT2D eigenvalue weighted by atomic mass is 11.0. The average molecular weight is 158 g/mol. The van der Waals surface area contributed by atoms with Crippen LogP contribution in [0.4, 0.5) is 0 Å². The van der Waals surface area contributed by atoms with Gasteiger partial charge in [-0.05, 0) is 14.1 Å². The van der Waals surface area contributed by atoms with E-state index in [1.54, 1.807) is 14.1 Å². The summed E-state index contributed by atoms with van der Waals surface area (Å²) in [6.45, 7) is 0. The van der Waals surface area contributed by atoms with Crippen molar-refractivity contribution in [3.8, 4) is 0 Å². The maximum Gasteiger partial charge on any atom is 0.245 e. The smallest absolute Gasteiger partial charge is 0.245 e. The average Bonchev–Trinajstić information content (AvgIpc) is 1.21. The summed E-state index contributed by atoms with van der Waals surface area (Å²) in [7, 11) is 4.81. The first-order valence-electron chi connectivity index (χ1n) is 1.99. The van der Waals surface area contributed by atoms with E-state index in [9.17, 15) is 8.42 Å². The van der Waals surface area contributed by atoms with Crippen molar-refractivity contribution in [2.24, 2.45) is 0 Å². The third-order valence-corrected chi connectivity index (χ3v) is 1.53. The van der Waals surface area contributed by atoms with Crippen LogP contribution in [0.5, 0.6) is 0 Å². The van der Waals surface area contributed by atoms with Gasteiger partial charge in [-0.3, -0.25) is 4.90 Å². The standard InChI is InChI=1S/C3H8ClNO2S/c1-5(2)3-8(4,6)7/h3H2,1-2H3. The fraction of sp³-hybridized carbons (Fsp3) is 1.00. The molecule has 0 aliphatic rings. The third kappa shape index (κ3) is 6.20. The Kier molecular flexibility index (Phi) is 2.73. The summed E-state index contributed by atoms with van der Waals surface area (Å²) >= 11 is 0. The molecule has 5 heteroatoms. The zero-order valence-corrected chi connectivity index (χ0v) is 6.33. The van der Waals surface area contributed by atoms with Crippen LogP contribution in [-0.2, 0) is 9.05 Å². The fourth-order valence-electron chi connectivity index (χ4n) is 0.308. The van der Waals surface area contributed by atoms with Gasteiger partial charge in [0.2, 0.25) is 9.05 Å². The molecule has 0 aromatic heterocycles. The van der Waals surface area contributed by atoms with Crippen LogP contribution >= 0.6 is 10.7 Å². The molecule has 0 bridgehead atoms. The predicted octanol–water partition coefficient (Wildman–Crippen LogP) is 0.0741. The van der Waals surface area contributed by atoms with E-state index in [0.29, 0.717) is 0 Å². The van der Waals surface area contributed by atoms with Crippen molar-refractivity contribution in [3.63, 3.8) is 0 Å². The molecular weight excluding hydrogens is 150 g/mol. The van der Waals surface area contributed by atoms with E-state index in [0.717, 1.165) is 0 Å². The minimum absolute atomic E-state index is 0.103. The number of halogens is 1. The van der Waals surface area contributed by atoms with Gasteiger partial charge in [0.1, 0.15) is 5.88 Å². The monoisotopic (exact) mass is 157 g/mol. The second-order valence-corrected chi connectivity index (χ2v) is 4.49. The molecule has 0 aliphatic carbocycles. The molecule has 0 aromatic rings. The summed E-state index contributed by atoms with van der Waals surface area (Å²) < 4.78 is 20.3. The number of hydrogen-bond acceptors (Lipinski definition) is 3. The van der Waals surface area contributed by atoms with Gasteiger partial charge >= 0.3 is 0 Å². The first-order chi connectivity index (χ1) is 3.42. The van der Waals surface area contributed by atoms with Gasteiger partial charge in [-0.1, -0.05) is 0 Å². The Labute approximate surface area is 53.7 Å². The zero-order chi connectivity index (χ0) is 6.78. The summed E-state index contributed by atoms with van der Waals surface area (Å²) in [5, 5.41) is 0. The van der Waals surface area contributed by atoms with Crippen molar-refractivity contribution >= 4 is 19.7 Å². The van der Waals surface area contributed by atoms with Crippen molar-refractivity contribution in [2.45, 2.75) is 0 Å². The van der Waals surface area contributed by atoms with Crippen molar-refractivity contribution in [1.29, 1.82) is 0 Å². The fourth-order valence-corrected chi connectivity index (χ4v) is 1.51. The van der Waals surface area contributed by atoms with E-state index >= 15 is 0 Å². The first-order valence-corrected chi connectivity index (χ1v) is 4.47. The molecule has 0 fully saturated rings. The van der Waals surface area contributed by atoms with E-state index < -0.39 is 9.05 Å². The Morgan fingerprint density at radius 3 is 1.88 bits per heavy atom. The second-order valence-electron chi connectivity index (χ2n) is 1.75. The molecule has 0 spiro atoms. The molecule has 0 aromatic carbocycles. The first kappa shape index (κ1) is 8.20. The quantitative estimate of drug-likeness (QED) is 0.533. The van der Waals surface area contributed by atoms with E-state index in [-0.39, 0.29) is 5.88 Å². The number of nitrogens with zero attached hydrogens (tertiary/aromatic N) is 1. The van der Waals surface area contributed by atoms with Gasteiger partial charge in [0.25, 0.3) is 0 Å². The van der Waals surface area contributed by atoms with Gasteiger partial charge in [-0.25, -0.2) is 8.42 Å². The molecule has 0 aliphatic heterocycles. The summed E-state index contributed by atoms with van der Waals surface area (Å²) in [6.07, 6.45) is 0. The van der Waals surface area contributed by atoms with Gasteiger partial charge in [0, 0.05) is 10.7 Å². The molecule has 0 saturated heterocycles. The molecule has 0 unspecified atom stereocenters. The van der Waals surface area contributed by atoms with Gasteiger partial charge in [-0.15, -0.1) is 0 Å². The molecule has 0 atom stereocenters. The summed E-state index contributed by atoms with van der Waals surface area (Å²) in [4.78, 5) is 1.49. The molecule has 3 nitrogen and oxygen atoms in total. The molecule has 0 heterocycles. The number of rotatable bonds is 2. The van der Waals surface area contributed by atoms with Crippen LogP contribution in [0.1, 0.15) is 0 Å². The van der Waals surface area contributed by atoms with Gasteiger partial charge in [0.05, 0.1) is 0 Å². The second kappa shape index (κ2) is 2.66.